The van der Waals surface area contributed by atoms with E-state index in [1.807, 2.05) is 13.8 Å². The molecule has 1 fully saturated rings. The zero-order valence-corrected chi connectivity index (χ0v) is 15.8. The van der Waals surface area contributed by atoms with Crippen LogP contribution in [-0.2, 0) is 19.6 Å². The van der Waals surface area contributed by atoms with Crippen LogP contribution in [-0.4, -0.2) is 43.5 Å². The molecule has 0 bridgehead atoms. The van der Waals surface area contributed by atoms with Gasteiger partial charge in [0.1, 0.15) is 16.7 Å². The lowest BCUT2D eigenvalue weighted by Crippen LogP contribution is -2.49. The van der Waals surface area contributed by atoms with Gasteiger partial charge in [0, 0.05) is 6.42 Å². The van der Waals surface area contributed by atoms with Crippen LogP contribution in [0.4, 0.5) is 0 Å². The Labute approximate surface area is 148 Å². The van der Waals surface area contributed by atoms with Crippen LogP contribution in [0.2, 0.25) is 0 Å². The van der Waals surface area contributed by atoms with Crippen molar-refractivity contribution in [2.75, 3.05) is 13.1 Å². The van der Waals surface area contributed by atoms with Gasteiger partial charge in [0.15, 0.2) is 5.78 Å². The minimum absolute atomic E-state index is 0.0598. The molecule has 0 aliphatic carbocycles. The Morgan fingerprint density at radius 3 is 2.76 bits per heavy atom. The third-order valence-electron chi connectivity index (χ3n) is 4.31. The van der Waals surface area contributed by atoms with Crippen molar-refractivity contribution < 1.29 is 22.4 Å². The fourth-order valence-electron chi connectivity index (χ4n) is 2.90. The molecule has 1 atom stereocenters. The van der Waals surface area contributed by atoms with Crippen molar-refractivity contribution in [2.24, 2.45) is 5.92 Å². The van der Waals surface area contributed by atoms with Crippen LogP contribution >= 0.6 is 0 Å². The molecule has 25 heavy (non-hydrogen) atoms. The van der Waals surface area contributed by atoms with Crippen molar-refractivity contribution in [1.82, 2.24) is 9.62 Å². The summed E-state index contributed by atoms with van der Waals surface area (Å²) in [6.07, 6.45) is 2.88. The molecule has 1 saturated heterocycles. The number of carbonyl (C=O) groups is 2. The first kappa shape index (κ1) is 19.7. The van der Waals surface area contributed by atoms with Crippen molar-refractivity contribution >= 4 is 21.7 Å². The Kier molecular flexibility index (Phi) is 6.40. The van der Waals surface area contributed by atoms with E-state index in [1.165, 1.54) is 19.3 Å². The molecular weight excluding hydrogens is 344 g/mol. The van der Waals surface area contributed by atoms with Crippen molar-refractivity contribution in [3.8, 4) is 0 Å². The van der Waals surface area contributed by atoms with E-state index in [4.69, 9.17) is 4.42 Å². The number of ketones is 1. The molecule has 0 unspecified atom stereocenters. The first-order valence-electron chi connectivity index (χ1n) is 8.60. The second-order valence-electron chi connectivity index (χ2n) is 6.77. The van der Waals surface area contributed by atoms with E-state index < -0.39 is 22.0 Å². The Balaban J connectivity index is 2.42. The number of hydrogen-bond acceptors (Lipinski definition) is 6. The predicted molar refractivity (Wildman–Crippen MR) is 92.4 cm³/mol. The summed E-state index contributed by atoms with van der Waals surface area (Å²) in [6.45, 7) is 6.15. The number of Topliss-reactive ketones (excluding diaryl/α,β-unsaturated/α-hetero) is 1. The van der Waals surface area contributed by atoms with E-state index in [-0.39, 0.29) is 35.3 Å². The van der Waals surface area contributed by atoms with Gasteiger partial charge in [0.25, 0.3) is 10.0 Å². The van der Waals surface area contributed by atoms with E-state index in [1.54, 1.807) is 0 Å². The molecule has 1 N–H and O–H groups in total. The van der Waals surface area contributed by atoms with Crippen molar-refractivity contribution in [3.63, 3.8) is 0 Å². The zero-order valence-electron chi connectivity index (χ0n) is 14.9. The Hall–Kier alpha value is -1.67. The molecule has 1 amide bonds. The van der Waals surface area contributed by atoms with Gasteiger partial charge in [-0.05, 0) is 44.7 Å². The monoisotopic (exact) mass is 370 g/mol. The Bertz CT molecular complexity index is 723. The molecule has 1 aliphatic heterocycles. The summed E-state index contributed by atoms with van der Waals surface area (Å²) in [5, 5.41) is 2.97. The van der Waals surface area contributed by atoms with Crippen LogP contribution in [0.5, 0.6) is 0 Å². The van der Waals surface area contributed by atoms with Gasteiger partial charge in [-0.3, -0.25) is 9.59 Å². The second-order valence-corrected chi connectivity index (χ2v) is 8.55. The first-order chi connectivity index (χ1) is 11.7. The van der Waals surface area contributed by atoms with Gasteiger partial charge in [-0.2, -0.15) is 0 Å². The summed E-state index contributed by atoms with van der Waals surface area (Å²) < 4.78 is 32.2. The maximum Gasteiger partial charge on any atom is 0.270 e. The summed E-state index contributed by atoms with van der Waals surface area (Å²) in [7, 11) is -4.14. The molecule has 1 aromatic heterocycles. The summed E-state index contributed by atoms with van der Waals surface area (Å²) in [5.41, 5.74) is 0. The van der Waals surface area contributed by atoms with E-state index in [2.05, 4.69) is 5.32 Å². The van der Waals surface area contributed by atoms with Crippen molar-refractivity contribution in [3.05, 3.63) is 18.1 Å². The van der Waals surface area contributed by atoms with E-state index in [0.29, 0.717) is 25.8 Å². The van der Waals surface area contributed by atoms with Crippen LogP contribution in [0.1, 0.15) is 45.3 Å². The molecule has 0 saturated carbocycles. The highest BCUT2D eigenvalue weighted by Gasteiger charge is 2.40. The SMILES string of the molecule is Cc1occc1S(=O)(=O)N(C(=O)CCC(C)C)[C@H]1CCCNCC1=O. The van der Waals surface area contributed by atoms with Gasteiger partial charge in [0.05, 0.1) is 12.8 Å². The zero-order chi connectivity index (χ0) is 18.6. The number of amides is 1. The topological polar surface area (TPSA) is 96.7 Å². The van der Waals surface area contributed by atoms with Crippen LogP contribution < -0.4 is 5.32 Å². The standard InChI is InChI=1S/C17H26N2O5S/c1-12(2)6-7-17(21)19(14-5-4-9-18-11-15(14)20)25(22,23)16-8-10-24-13(16)3/h8,10,12,14,18H,4-7,9,11H2,1-3H3/t14-/m0/s1. The second kappa shape index (κ2) is 8.14. The van der Waals surface area contributed by atoms with E-state index in [0.717, 1.165) is 4.31 Å². The van der Waals surface area contributed by atoms with Crippen LogP contribution in [0.15, 0.2) is 21.6 Å². The third-order valence-corrected chi connectivity index (χ3v) is 6.27. The highest BCUT2D eigenvalue weighted by atomic mass is 32.2. The fraction of sp³-hybridized carbons (Fsp3) is 0.647. The lowest BCUT2D eigenvalue weighted by Gasteiger charge is -2.29. The van der Waals surface area contributed by atoms with Crippen molar-refractivity contribution in [2.45, 2.75) is 57.4 Å². The lowest BCUT2D eigenvalue weighted by molar-refractivity contribution is -0.133. The number of furan rings is 1. The summed E-state index contributed by atoms with van der Waals surface area (Å²) in [5.74, 6) is -0.341. The molecule has 7 nitrogen and oxygen atoms in total. The molecule has 2 rings (SSSR count). The molecule has 0 radical (unpaired) electrons. The molecule has 2 heterocycles. The minimum atomic E-state index is -4.14. The molecule has 0 spiro atoms. The average molecular weight is 370 g/mol. The van der Waals surface area contributed by atoms with Gasteiger partial charge in [-0.25, -0.2) is 12.7 Å². The quantitative estimate of drug-likeness (QED) is 0.821. The van der Waals surface area contributed by atoms with E-state index in [9.17, 15) is 18.0 Å². The number of sulfonamides is 1. The maximum absolute atomic E-state index is 13.1. The predicted octanol–water partition coefficient (Wildman–Crippen LogP) is 1.86. The van der Waals surface area contributed by atoms with Gasteiger partial charge >= 0.3 is 0 Å². The first-order valence-corrected chi connectivity index (χ1v) is 10.0. The third kappa shape index (κ3) is 4.49. The smallest absolute Gasteiger partial charge is 0.270 e. The molecule has 1 aromatic rings. The lowest BCUT2D eigenvalue weighted by atomic mass is 10.1. The maximum atomic E-state index is 13.1. The van der Waals surface area contributed by atoms with Crippen LogP contribution in [0.3, 0.4) is 0 Å². The number of nitrogens with zero attached hydrogens (tertiary/aromatic N) is 1. The van der Waals surface area contributed by atoms with Gasteiger partial charge in [-0.1, -0.05) is 13.8 Å². The van der Waals surface area contributed by atoms with Crippen LogP contribution in [0, 0.1) is 12.8 Å². The highest BCUT2D eigenvalue weighted by molar-refractivity contribution is 7.89. The van der Waals surface area contributed by atoms with Crippen LogP contribution in [0.25, 0.3) is 0 Å². The molecule has 8 heteroatoms. The highest BCUT2D eigenvalue weighted by Crippen LogP contribution is 2.26. The van der Waals surface area contributed by atoms with Gasteiger partial charge in [-0.15, -0.1) is 0 Å². The fourth-order valence-corrected chi connectivity index (χ4v) is 4.67. The number of aryl methyl sites for hydroxylation is 1. The molecule has 1 aliphatic rings. The number of rotatable bonds is 6. The Morgan fingerprint density at radius 1 is 1.44 bits per heavy atom. The molecular formula is C17H26N2O5S. The average Bonchev–Trinajstić information content (AvgIpc) is 2.87. The van der Waals surface area contributed by atoms with E-state index >= 15 is 0 Å². The minimum Gasteiger partial charge on any atom is -0.468 e. The summed E-state index contributed by atoms with van der Waals surface area (Å²) in [6, 6.07) is 0.362. The normalized spacial score (nSPS) is 19.0. The number of nitrogens with one attached hydrogen (secondary N) is 1. The number of carbonyl (C=O) groups excluding carboxylic acids is 2. The molecule has 140 valence electrons. The van der Waals surface area contributed by atoms with Gasteiger partial charge in [0.2, 0.25) is 5.91 Å². The summed E-state index contributed by atoms with van der Waals surface area (Å²) >= 11 is 0. The largest absolute Gasteiger partial charge is 0.468 e. The van der Waals surface area contributed by atoms with Crippen molar-refractivity contribution in [1.29, 1.82) is 0 Å². The Morgan fingerprint density at radius 2 is 2.16 bits per heavy atom. The van der Waals surface area contributed by atoms with Gasteiger partial charge < -0.3 is 9.73 Å². The number of hydrogen-bond donors (Lipinski definition) is 1. The molecule has 0 aromatic carbocycles. The summed E-state index contributed by atoms with van der Waals surface area (Å²) in [4.78, 5) is 25.2.